The fourth-order valence-corrected chi connectivity index (χ4v) is 2.44. The summed E-state index contributed by atoms with van der Waals surface area (Å²) < 4.78 is 0. The average molecular weight is 221 g/mol. The molecule has 3 rings (SSSR count). The summed E-state index contributed by atoms with van der Waals surface area (Å²) in [6.07, 6.45) is 9.77. The highest BCUT2D eigenvalue weighted by atomic mass is 14.6. The highest BCUT2D eigenvalue weighted by Crippen LogP contribution is 2.31. The molecular weight excluding hydrogens is 206 g/mol. The Balaban J connectivity index is 2.03. The lowest BCUT2D eigenvalue weighted by Crippen LogP contribution is -2.01. The van der Waals surface area contributed by atoms with Gasteiger partial charge in [-0.2, -0.15) is 0 Å². The predicted octanol–water partition coefficient (Wildman–Crippen LogP) is 3.96. The van der Waals surface area contributed by atoms with E-state index in [1.54, 1.807) is 0 Å². The van der Waals surface area contributed by atoms with Gasteiger partial charge in [-0.1, -0.05) is 36.4 Å². The van der Waals surface area contributed by atoms with Crippen LogP contribution in [0.4, 0.5) is 0 Å². The third-order valence-electron chi connectivity index (χ3n) is 3.28. The van der Waals surface area contributed by atoms with Gasteiger partial charge in [-0.15, -0.1) is 0 Å². The zero-order chi connectivity index (χ0) is 11.5. The van der Waals surface area contributed by atoms with Gasteiger partial charge in [0.15, 0.2) is 0 Å². The summed E-state index contributed by atoms with van der Waals surface area (Å²) >= 11 is 0. The molecule has 0 saturated heterocycles. The van der Waals surface area contributed by atoms with E-state index in [1.165, 1.54) is 35.1 Å². The van der Waals surface area contributed by atoms with Crippen LogP contribution >= 0.6 is 0 Å². The maximum Gasteiger partial charge on any atom is 0.0305 e. The summed E-state index contributed by atoms with van der Waals surface area (Å²) in [4.78, 5) is 4.21. The van der Waals surface area contributed by atoms with Crippen molar-refractivity contribution >= 4 is 11.6 Å². The molecule has 0 N–H and O–H groups in total. The Bertz CT molecular complexity index is 540. The number of nitrogens with zero attached hydrogens (tertiary/aromatic N) is 1. The minimum absolute atomic E-state index is 1.16. The van der Waals surface area contributed by atoms with Gasteiger partial charge < -0.3 is 0 Å². The Morgan fingerprint density at radius 1 is 1.00 bits per heavy atom. The third kappa shape index (κ3) is 2.14. The zero-order valence-electron chi connectivity index (χ0n) is 9.76. The first-order valence-electron chi connectivity index (χ1n) is 6.12. The van der Waals surface area contributed by atoms with E-state index in [9.17, 15) is 0 Å². The van der Waals surface area contributed by atoms with Crippen LogP contribution in [0.3, 0.4) is 0 Å². The molecule has 1 aromatic carbocycles. The van der Waals surface area contributed by atoms with Crippen LogP contribution in [0.5, 0.6) is 0 Å². The van der Waals surface area contributed by atoms with Crippen LogP contribution in [0.25, 0.3) is 11.6 Å². The fraction of sp³-hybridized carbons (Fsp3) is 0.188. The monoisotopic (exact) mass is 221 g/mol. The van der Waals surface area contributed by atoms with Gasteiger partial charge in [0.2, 0.25) is 0 Å². The molecule has 1 aromatic heterocycles. The first kappa shape index (κ1) is 10.3. The molecule has 0 spiro atoms. The van der Waals surface area contributed by atoms with E-state index in [2.05, 4.69) is 47.5 Å². The first-order valence-corrected chi connectivity index (χ1v) is 6.12. The molecule has 0 fully saturated rings. The standard InChI is InChI=1S/C16H15N/c1-2-5-13(6-3-1)11-14-7-4-8-15-12-17-10-9-16(14)15/h1-3,5-6,9-12H,4,7-8H2/b14-11+. The van der Waals surface area contributed by atoms with Gasteiger partial charge in [0.25, 0.3) is 0 Å². The highest BCUT2D eigenvalue weighted by Gasteiger charge is 2.13. The molecule has 1 nitrogen and oxygen atoms in total. The molecule has 1 aliphatic carbocycles. The second-order valence-corrected chi connectivity index (χ2v) is 4.47. The van der Waals surface area contributed by atoms with Gasteiger partial charge in [0, 0.05) is 12.4 Å². The van der Waals surface area contributed by atoms with E-state index in [1.807, 2.05) is 12.4 Å². The van der Waals surface area contributed by atoms with Crippen molar-refractivity contribution in [2.24, 2.45) is 0 Å². The molecule has 0 bridgehead atoms. The van der Waals surface area contributed by atoms with Crippen molar-refractivity contribution in [3.63, 3.8) is 0 Å². The molecule has 84 valence electrons. The molecule has 0 radical (unpaired) electrons. The van der Waals surface area contributed by atoms with E-state index in [0.717, 1.165) is 6.42 Å². The predicted molar refractivity (Wildman–Crippen MR) is 71.5 cm³/mol. The summed E-state index contributed by atoms with van der Waals surface area (Å²) in [5, 5.41) is 0. The molecule has 1 aliphatic rings. The topological polar surface area (TPSA) is 12.9 Å². The van der Waals surface area contributed by atoms with Gasteiger partial charge in [0.05, 0.1) is 0 Å². The van der Waals surface area contributed by atoms with Gasteiger partial charge in [-0.05, 0) is 47.6 Å². The molecule has 0 atom stereocenters. The van der Waals surface area contributed by atoms with E-state index >= 15 is 0 Å². The maximum atomic E-state index is 4.21. The van der Waals surface area contributed by atoms with E-state index in [0.29, 0.717) is 0 Å². The highest BCUT2D eigenvalue weighted by molar-refractivity contribution is 5.83. The van der Waals surface area contributed by atoms with E-state index < -0.39 is 0 Å². The number of benzene rings is 1. The maximum absolute atomic E-state index is 4.21. The quantitative estimate of drug-likeness (QED) is 0.710. The van der Waals surface area contributed by atoms with Gasteiger partial charge in [-0.25, -0.2) is 0 Å². The van der Waals surface area contributed by atoms with E-state index in [4.69, 9.17) is 0 Å². The van der Waals surface area contributed by atoms with E-state index in [-0.39, 0.29) is 0 Å². The van der Waals surface area contributed by atoms with Crippen LogP contribution in [0.2, 0.25) is 0 Å². The van der Waals surface area contributed by atoms with Crippen LogP contribution in [0, 0.1) is 0 Å². The molecule has 1 heterocycles. The Kier molecular flexibility index (Phi) is 2.74. The lowest BCUT2D eigenvalue weighted by atomic mass is 9.88. The van der Waals surface area contributed by atoms with Gasteiger partial charge in [0.1, 0.15) is 0 Å². The van der Waals surface area contributed by atoms with Crippen molar-refractivity contribution in [1.82, 2.24) is 4.98 Å². The van der Waals surface area contributed by atoms with Crippen LogP contribution < -0.4 is 0 Å². The summed E-state index contributed by atoms with van der Waals surface area (Å²) in [7, 11) is 0. The molecule has 0 amide bonds. The Morgan fingerprint density at radius 3 is 2.76 bits per heavy atom. The van der Waals surface area contributed by atoms with Gasteiger partial charge >= 0.3 is 0 Å². The zero-order valence-corrected chi connectivity index (χ0v) is 9.76. The molecule has 0 unspecified atom stereocenters. The number of hydrogen-bond donors (Lipinski definition) is 0. The number of hydrogen-bond acceptors (Lipinski definition) is 1. The SMILES string of the molecule is C(=C1/CCCc2cnccc21)/c1ccccc1. The summed E-state index contributed by atoms with van der Waals surface area (Å²) in [5.41, 5.74) is 5.50. The Hall–Kier alpha value is -1.89. The largest absolute Gasteiger partial charge is 0.264 e. The number of aromatic nitrogens is 1. The molecule has 1 heteroatoms. The minimum atomic E-state index is 1.16. The van der Waals surface area contributed by atoms with Crippen LogP contribution in [0.1, 0.15) is 29.5 Å². The van der Waals surface area contributed by atoms with Crippen molar-refractivity contribution in [1.29, 1.82) is 0 Å². The molecular formula is C16H15N. The van der Waals surface area contributed by atoms with Crippen molar-refractivity contribution in [2.75, 3.05) is 0 Å². The third-order valence-corrected chi connectivity index (χ3v) is 3.28. The van der Waals surface area contributed by atoms with Crippen molar-refractivity contribution in [2.45, 2.75) is 19.3 Å². The van der Waals surface area contributed by atoms with Gasteiger partial charge in [-0.3, -0.25) is 4.98 Å². The molecule has 17 heavy (non-hydrogen) atoms. The second-order valence-electron chi connectivity index (χ2n) is 4.47. The molecule has 2 aromatic rings. The van der Waals surface area contributed by atoms with Crippen molar-refractivity contribution < 1.29 is 0 Å². The second kappa shape index (κ2) is 4.54. The van der Waals surface area contributed by atoms with Crippen LogP contribution in [-0.2, 0) is 6.42 Å². The lowest BCUT2D eigenvalue weighted by molar-refractivity contribution is 0.818. The Labute approximate surface area is 102 Å². The average Bonchev–Trinajstić information content (AvgIpc) is 2.40. The Morgan fingerprint density at radius 2 is 1.88 bits per heavy atom. The molecule has 0 saturated carbocycles. The number of fused-ring (bicyclic) bond motifs is 1. The van der Waals surface area contributed by atoms with Crippen LogP contribution in [0.15, 0.2) is 48.8 Å². The number of rotatable bonds is 1. The van der Waals surface area contributed by atoms with Crippen molar-refractivity contribution in [3.8, 4) is 0 Å². The normalized spacial score (nSPS) is 16.8. The summed E-state index contributed by atoms with van der Waals surface area (Å²) in [5.74, 6) is 0. The smallest absolute Gasteiger partial charge is 0.0305 e. The molecule has 0 aliphatic heterocycles. The number of allylic oxidation sites excluding steroid dienone is 1. The lowest BCUT2D eigenvalue weighted by Gasteiger charge is -2.18. The summed E-state index contributed by atoms with van der Waals surface area (Å²) in [6.45, 7) is 0. The summed E-state index contributed by atoms with van der Waals surface area (Å²) in [6, 6.07) is 12.7. The first-order chi connectivity index (χ1) is 8.43. The van der Waals surface area contributed by atoms with Crippen molar-refractivity contribution in [3.05, 3.63) is 65.5 Å². The fourth-order valence-electron chi connectivity index (χ4n) is 2.44. The number of pyridine rings is 1. The minimum Gasteiger partial charge on any atom is -0.264 e. The van der Waals surface area contributed by atoms with Crippen LogP contribution in [-0.4, -0.2) is 4.98 Å². The number of aryl methyl sites for hydroxylation is 1.